The van der Waals surface area contributed by atoms with Crippen molar-refractivity contribution in [3.63, 3.8) is 0 Å². The average molecular weight is 377 g/mol. The number of aliphatic carboxylic acids is 1. The van der Waals surface area contributed by atoms with Crippen LogP contribution in [-0.4, -0.2) is 62.7 Å². The van der Waals surface area contributed by atoms with Crippen LogP contribution < -0.4 is 0 Å². The highest BCUT2D eigenvalue weighted by atomic mass is 16.4. The van der Waals surface area contributed by atoms with E-state index in [1.165, 1.54) is 5.56 Å². The number of aryl methyl sites for hydroxylation is 2. The van der Waals surface area contributed by atoms with E-state index in [0.29, 0.717) is 25.9 Å². The van der Waals surface area contributed by atoms with E-state index in [0.717, 1.165) is 25.3 Å². The van der Waals surface area contributed by atoms with Crippen LogP contribution in [0.4, 0.5) is 0 Å². The number of hydrogen-bond acceptors (Lipinski definition) is 4. The molecule has 1 N–H and O–H groups in total. The van der Waals surface area contributed by atoms with Gasteiger partial charge in [-0.1, -0.05) is 13.8 Å². The molecule has 2 heterocycles. The van der Waals surface area contributed by atoms with Crippen molar-refractivity contribution in [1.29, 1.82) is 0 Å². The van der Waals surface area contributed by atoms with Gasteiger partial charge in [-0.3, -0.25) is 19.2 Å². The summed E-state index contributed by atoms with van der Waals surface area (Å²) in [6.07, 6.45) is 3.27. The van der Waals surface area contributed by atoms with Gasteiger partial charge in [-0.15, -0.1) is 0 Å². The van der Waals surface area contributed by atoms with Crippen LogP contribution in [0, 0.1) is 23.7 Å². The minimum atomic E-state index is -0.840. The second kappa shape index (κ2) is 6.93. The number of carboxylic acids is 1. The normalized spacial score (nSPS) is 28.5. The lowest BCUT2D eigenvalue weighted by atomic mass is 9.65. The van der Waals surface area contributed by atoms with Crippen molar-refractivity contribution in [1.82, 2.24) is 19.6 Å². The molecule has 150 valence electrons. The van der Waals surface area contributed by atoms with Crippen LogP contribution >= 0.6 is 0 Å². The van der Waals surface area contributed by atoms with E-state index in [-0.39, 0.29) is 11.8 Å². The Bertz CT molecular complexity index is 734. The lowest BCUT2D eigenvalue weighted by Crippen LogP contribution is -2.52. The first-order valence-corrected chi connectivity index (χ1v) is 9.80. The van der Waals surface area contributed by atoms with Crippen molar-refractivity contribution in [2.24, 2.45) is 23.8 Å². The summed E-state index contributed by atoms with van der Waals surface area (Å²) in [6, 6.07) is 0. The fraction of sp³-hybridized carbons (Fsp3) is 0.750. The Hall–Kier alpha value is -1.89. The number of piperazine rings is 1. The zero-order chi connectivity index (χ0) is 20.0. The van der Waals surface area contributed by atoms with Crippen LogP contribution in [-0.2, 0) is 23.2 Å². The van der Waals surface area contributed by atoms with Gasteiger partial charge in [0.25, 0.3) is 0 Å². The van der Waals surface area contributed by atoms with Gasteiger partial charge in [0.15, 0.2) is 0 Å². The average Bonchev–Trinajstić information content (AvgIpc) is 3.04. The van der Waals surface area contributed by atoms with Gasteiger partial charge < -0.3 is 10.0 Å². The van der Waals surface area contributed by atoms with Crippen molar-refractivity contribution < 1.29 is 14.7 Å². The molecule has 1 saturated carbocycles. The summed E-state index contributed by atoms with van der Waals surface area (Å²) in [5, 5.41) is 14.1. The molecule has 27 heavy (non-hydrogen) atoms. The third kappa shape index (κ3) is 3.37. The zero-order valence-electron chi connectivity index (χ0n) is 17.2. The number of aromatic nitrogens is 2. The number of nitrogens with zero attached hydrogens (tertiary/aromatic N) is 4. The first-order chi connectivity index (χ1) is 12.6. The summed E-state index contributed by atoms with van der Waals surface area (Å²) in [5.74, 6) is -0.882. The minimum absolute atomic E-state index is 0.127. The van der Waals surface area contributed by atoms with Crippen LogP contribution in [0.2, 0.25) is 0 Å². The predicted octanol–water partition coefficient (Wildman–Crippen LogP) is 1.90. The molecule has 0 radical (unpaired) electrons. The zero-order valence-corrected chi connectivity index (χ0v) is 17.2. The maximum Gasteiger partial charge on any atom is 0.309 e. The van der Waals surface area contributed by atoms with Crippen LogP contribution in [0.3, 0.4) is 0 Å². The molecule has 7 nitrogen and oxygen atoms in total. The quantitative estimate of drug-likeness (QED) is 0.868. The van der Waals surface area contributed by atoms with Gasteiger partial charge in [0.1, 0.15) is 0 Å². The van der Waals surface area contributed by atoms with E-state index in [4.69, 9.17) is 0 Å². The van der Waals surface area contributed by atoms with Gasteiger partial charge in [0.2, 0.25) is 5.91 Å². The SMILES string of the molecule is Cc1nn(C)cc1CN1CCN(C(=O)C2CCC(C)(C(=O)O)C2(C)C)CC1. The van der Waals surface area contributed by atoms with Crippen molar-refractivity contribution in [3.8, 4) is 0 Å². The van der Waals surface area contributed by atoms with Crippen molar-refractivity contribution >= 4 is 11.9 Å². The van der Waals surface area contributed by atoms with E-state index in [2.05, 4.69) is 16.2 Å². The third-order valence-electron chi connectivity index (χ3n) is 7.19. The van der Waals surface area contributed by atoms with Gasteiger partial charge in [-0.05, 0) is 32.1 Å². The van der Waals surface area contributed by atoms with Gasteiger partial charge in [-0.25, -0.2) is 0 Å². The number of rotatable bonds is 4. The smallest absolute Gasteiger partial charge is 0.309 e. The lowest BCUT2D eigenvalue weighted by molar-refractivity contribution is -0.156. The molecule has 1 saturated heterocycles. The molecule has 2 unspecified atom stereocenters. The van der Waals surface area contributed by atoms with Crippen LogP contribution in [0.1, 0.15) is 44.9 Å². The lowest BCUT2D eigenvalue weighted by Gasteiger charge is -2.41. The molecule has 1 aliphatic carbocycles. The molecule has 1 aromatic heterocycles. The van der Waals surface area contributed by atoms with Crippen LogP contribution in [0.25, 0.3) is 0 Å². The number of carbonyl (C=O) groups excluding carboxylic acids is 1. The topological polar surface area (TPSA) is 78.7 Å². The molecule has 1 aromatic rings. The molecule has 1 amide bonds. The summed E-state index contributed by atoms with van der Waals surface area (Å²) < 4.78 is 1.84. The molecular weight excluding hydrogens is 344 g/mol. The minimum Gasteiger partial charge on any atom is -0.481 e. The van der Waals surface area contributed by atoms with Crippen LogP contribution in [0.15, 0.2) is 6.20 Å². The second-order valence-electron chi connectivity index (χ2n) is 8.97. The molecule has 2 aliphatic rings. The summed E-state index contributed by atoms with van der Waals surface area (Å²) in [7, 11) is 1.93. The Morgan fingerprint density at radius 2 is 1.85 bits per heavy atom. The Labute approximate surface area is 161 Å². The summed E-state index contributed by atoms with van der Waals surface area (Å²) in [4.78, 5) is 29.2. The number of carboxylic acid groups (broad SMARTS) is 1. The highest BCUT2D eigenvalue weighted by Crippen LogP contribution is 2.56. The Balaban J connectivity index is 1.60. The van der Waals surface area contributed by atoms with E-state index in [1.807, 2.05) is 37.4 Å². The highest BCUT2D eigenvalue weighted by molar-refractivity contribution is 5.84. The molecule has 2 fully saturated rings. The highest BCUT2D eigenvalue weighted by Gasteiger charge is 2.58. The Morgan fingerprint density at radius 1 is 1.22 bits per heavy atom. The molecule has 0 bridgehead atoms. The first kappa shape index (κ1) is 19.9. The Kier molecular flexibility index (Phi) is 5.10. The summed E-state index contributed by atoms with van der Waals surface area (Å²) >= 11 is 0. The second-order valence-corrected chi connectivity index (χ2v) is 8.97. The first-order valence-electron chi connectivity index (χ1n) is 9.80. The van der Waals surface area contributed by atoms with Crippen molar-refractivity contribution in [2.75, 3.05) is 26.2 Å². The summed E-state index contributed by atoms with van der Waals surface area (Å²) in [5.41, 5.74) is 0.899. The van der Waals surface area contributed by atoms with Gasteiger partial charge in [-0.2, -0.15) is 5.10 Å². The molecule has 0 aromatic carbocycles. The third-order valence-corrected chi connectivity index (χ3v) is 7.19. The maximum absolute atomic E-state index is 13.1. The molecular formula is C20H32N4O3. The van der Waals surface area contributed by atoms with Gasteiger partial charge >= 0.3 is 5.97 Å². The van der Waals surface area contributed by atoms with Crippen LogP contribution in [0.5, 0.6) is 0 Å². The molecule has 0 spiro atoms. The molecule has 1 aliphatic heterocycles. The van der Waals surface area contributed by atoms with Crippen molar-refractivity contribution in [3.05, 3.63) is 17.5 Å². The number of carbonyl (C=O) groups is 2. The molecule has 2 atom stereocenters. The number of amides is 1. The Morgan fingerprint density at radius 3 is 2.33 bits per heavy atom. The standard InChI is InChI=1S/C20H32N4O3/c1-14-15(12-22(5)21-14)13-23-8-10-24(11-9-23)17(25)16-6-7-20(4,18(26)27)19(16,2)3/h12,16H,6-11,13H2,1-5H3,(H,26,27). The fourth-order valence-electron chi connectivity index (χ4n) is 4.71. The molecule has 3 rings (SSSR count). The van der Waals surface area contributed by atoms with E-state index < -0.39 is 16.8 Å². The number of hydrogen-bond donors (Lipinski definition) is 1. The fourth-order valence-corrected chi connectivity index (χ4v) is 4.71. The van der Waals surface area contributed by atoms with Gasteiger partial charge in [0.05, 0.1) is 11.1 Å². The monoisotopic (exact) mass is 376 g/mol. The van der Waals surface area contributed by atoms with E-state index in [9.17, 15) is 14.7 Å². The summed E-state index contributed by atoms with van der Waals surface area (Å²) in [6.45, 7) is 11.6. The van der Waals surface area contributed by atoms with Crippen molar-refractivity contribution in [2.45, 2.75) is 47.1 Å². The maximum atomic E-state index is 13.1. The molecule has 7 heteroatoms. The van der Waals surface area contributed by atoms with Gasteiger partial charge in [0, 0.05) is 57.4 Å². The van der Waals surface area contributed by atoms with E-state index >= 15 is 0 Å². The largest absolute Gasteiger partial charge is 0.481 e. The predicted molar refractivity (Wildman–Crippen MR) is 102 cm³/mol. The van der Waals surface area contributed by atoms with E-state index in [1.54, 1.807) is 6.92 Å².